The van der Waals surface area contributed by atoms with Gasteiger partial charge in [0.25, 0.3) is 5.78 Å². The summed E-state index contributed by atoms with van der Waals surface area (Å²) in [6.45, 7) is 13.1. The average Bonchev–Trinajstić information content (AvgIpc) is 2.66. The fourth-order valence-electron chi connectivity index (χ4n) is 3.10. The van der Waals surface area contributed by atoms with Crippen molar-refractivity contribution in [3.63, 3.8) is 0 Å². The number of carbonyl (C=O) groups excluding carboxylic acids is 1. The van der Waals surface area contributed by atoms with E-state index in [-0.39, 0.29) is 16.4 Å². The number of Topliss-reactive ketones (excluding diaryl/α,β-unsaturated/α-hetero) is 1. The van der Waals surface area contributed by atoms with Gasteiger partial charge in [-0.2, -0.15) is 0 Å². The van der Waals surface area contributed by atoms with E-state index in [9.17, 15) is 14.7 Å². The monoisotopic (exact) mass is 444 g/mol. The zero-order chi connectivity index (χ0) is 23.4. The van der Waals surface area contributed by atoms with Crippen molar-refractivity contribution < 1.29 is 24.5 Å². The molecule has 0 radical (unpaired) electrons. The van der Waals surface area contributed by atoms with Crippen molar-refractivity contribution in [1.82, 2.24) is 0 Å². The molecule has 31 heavy (non-hydrogen) atoms. The average molecular weight is 445 g/mol. The van der Waals surface area contributed by atoms with Gasteiger partial charge in [-0.15, -0.1) is 11.8 Å². The number of ketones is 1. The Morgan fingerprint density at radius 1 is 0.935 bits per heavy atom. The minimum atomic E-state index is -1.47. The predicted molar refractivity (Wildman–Crippen MR) is 125 cm³/mol. The third kappa shape index (κ3) is 6.76. The molecule has 5 nitrogen and oxygen atoms in total. The molecule has 0 unspecified atom stereocenters. The molecule has 2 aromatic carbocycles. The van der Waals surface area contributed by atoms with Crippen LogP contribution in [0.4, 0.5) is 0 Å². The zero-order valence-electron chi connectivity index (χ0n) is 19.1. The molecule has 0 spiro atoms. The highest BCUT2D eigenvalue weighted by atomic mass is 32.2. The van der Waals surface area contributed by atoms with Gasteiger partial charge in [0.15, 0.2) is 0 Å². The number of hydrogen-bond acceptors (Lipinski definition) is 5. The Labute approximate surface area is 188 Å². The summed E-state index contributed by atoms with van der Waals surface area (Å²) in [6, 6.07) is 10.3. The van der Waals surface area contributed by atoms with E-state index in [1.807, 2.05) is 0 Å². The lowest BCUT2D eigenvalue weighted by molar-refractivity contribution is -0.131. The third-order valence-corrected chi connectivity index (χ3v) is 5.90. The van der Waals surface area contributed by atoms with Crippen molar-refractivity contribution in [2.75, 3.05) is 12.4 Å². The first kappa shape index (κ1) is 24.8. The van der Waals surface area contributed by atoms with Crippen molar-refractivity contribution in [3.8, 4) is 11.5 Å². The number of hydrogen-bond donors (Lipinski definition) is 2. The first-order chi connectivity index (χ1) is 14.3. The molecule has 2 rings (SSSR count). The number of carbonyl (C=O) groups is 2. The first-order valence-corrected chi connectivity index (χ1v) is 11.3. The maximum Gasteiger partial charge on any atom is 0.377 e. The topological polar surface area (TPSA) is 83.8 Å². The molecule has 0 aliphatic heterocycles. The molecule has 0 aliphatic carbocycles. The Kier molecular flexibility index (Phi) is 7.82. The summed E-state index contributed by atoms with van der Waals surface area (Å²) in [5, 5.41) is 19.6. The van der Waals surface area contributed by atoms with E-state index in [2.05, 4.69) is 53.7 Å². The second-order valence-electron chi connectivity index (χ2n) is 9.58. The standard InChI is InChI=1S/C25H32O5S/c1-24(2,3)19-14-18(15-20(22(19)27)25(4,5)6)31-13-7-12-30-17-10-8-16(9-11-17)21(26)23(28)29/h8-11,14-15,27H,7,12-13H2,1-6H3,(H,28,29). The van der Waals surface area contributed by atoms with Crippen LogP contribution in [0.3, 0.4) is 0 Å². The summed E-state index contributed by atoms with van der Waals surface area (Å²) in [6.07, 6.45) is 0.817. The van der Waals surface area contributed by atoms with E-state index >= 15 is 0 Å². The van der Waals surface area contributed by atoms with Gasteiger partial charge in [0.05, 0.1) is 6.61 Å². The molecule has 2 N–H and O–H groups in total. The van der Waals surface area contributed by atoms with Crippen LogP contribution in [-0.4, -0.2) is 34.3 Å². The van der Waals surface area contributed by atoms with Crippen LogP contribution in [0.2, 0.25) is 0 Å². The van der Waals surface area contributed by atoms with Crippen molar-refractivity contribution in [2.45, 2.75) is 63.7 Å². The second-order valence-corrected chi connectivity index (χ2v) is 10.7. The number of phenols is 1. The lowest BCUT2D eigenvalue weighted by Gasteiger charge is -2.28. The van der Waals surface area contributed by atoms with Crippen LogP contribution in [0.5, 0.6) is 11.5 Å². The Bertz CT molecular complexity index is 899. The normalized spacial score (nSPS) is 11.9. The van der Waals surface area contributed by atoms with Gasteiger partial charge in [0.1, 0.15) is 11.5 Å². The van der Waals surface area contributed by atoms with Crippen LogP contribution in [0.15, 0.2) is 41.3 Å². The van der Waals surface area contributed by atoms with E-state index in [0.29, 0.717) is 18.1 Å². The van der Waals surface area contributed by atoms with Crippen LogP contribution in [0.25, 0.3) is 0 Å². The molecule has 0 fully saturated rings. The number of benzene rings is 2. The molecule has 0 heterocycles. The minimum absolute atomic E-state index is 0.132. The number of aliphatic carboxylic acids is 1. The molecule has 0 atom stereocenters. The van der Waals surface area contributed by atoms with Gasteiger partial charge >= 0.3 is 5.97 Å². The largest absolute Gasteiger partial charge is 0.507 e. The van der Waals surface area contributed by atoms with Crippen LogP contribution in [-0.2, 0) is 15.6 Å². The van der Waals surface area contributed by atoms with Crippen LogP contribution in [0, 0.1) is 0 Å². The maximum atomic E-state index is 11.4. The predicted octanol–water partition coefficient (Wildman–Crippen LogP) is 5.82. The van der Waals surface area contributed by atoms with Crippen molar-refractivity contribution in [3.05, 3.63) is 53.1 Å². The number of ether oxygens (including phenoxy) is 1. The van der Waals surface area contributed by atoms with Crippen molar-refractivity contribution in [2.24, 2.45) is 0 Å². The molecule has 6 heteroatoms. The summed E-state index contributed by atoms with van der Waals surface area (Å²) < 4.78 is 5.70. The summed E-state index contributed by atoms with van der Waals surface area (Å²) in [4.78, 5) is 23.3. The summed E-state index contributed by atoms with van der Waals surface area (Å²) in [7, 11) is 0. The highest BCUT2D eigenvalue weighted by Crippen LogP contribution is 2.41. The number of aromatic hydroxyl groups is 1. The van der Waals surface area contributed by atoms with E-state index < -0.39 is 11.8 Å². The molecule has 0 aromatic heterocycles. The van der Waals surface area contributed by atoms with E-state index in [0.717, 1.165) is 28.2 Å². The Hall–Kier alpha value is -2.47. The molecular formula is C25H32O5S. The van der Waals surface area contributed by atoms with Gasteiger partial charge in [-0.25, -0.2) is 4.79 Å². The highest BCUT2D eigenvalue weighted by molar-refractivity contribution is 7.99. The number of rotatable bonds is 8. The number of thioether (sulfide) groups is 1. The Morgan fingerprint density at radius 3 is 1.90 bits per heavy atom. The van der Waals surface area contributed by atoms with Gasteiger partial charge in [-0.05, 0) is 53.6 Å². The first-order valence-electron chi connectivity index (χ1n) is 10.3. The van der Waals surface area contributed by atoms with Gasteiger partial charge in [-0.1, -0.05) is 41.5 Å². The number of carboxylic acids is 1. The molecule has 0 bridgehead atoms. The maximum absolute atomic E-state index is 11.4. The Morgan fingerprint density at radius 2 is 1.45 bits per heavy atom. The number of carboxylic acid groups (broad SMARTS) is 1. The highest BCUT2D eigenvalue weighted by Gasteiger charge is 2.26. The van der Waals surface area contributed by atoms with Gasteiger partial charge in [-0.3, -0.25) is 4.79 Å². The summed E-state index contributed by atoms with van der Waals surface area (Å²) >= 11 is 1.73. The minimum Gasteiger partial charge on any atom is -0.507 e. The molecule has 0 amide bonds. The Balaban J connectivity index is 1.97. The molecule has 0 saturated heterocycles. The van der Waals surface area contributed by atoms with Crippen molar-refractivity contribution >= 4 is 23.5 Å². The molecule has 0 saturated carbocycles. The van der Waals surface area contributed by atoms with Crippen molar-refractivity contribution in [1.29, 1.82) is 0 Å². The van der Waals surface area contributed by atoms with E-state index in [1.54, 1.807) is 23.9 Å². The summed E-state index contributed by atoms with van der Waals surface area (Å²) in [5.74, 6) is -0.558. The number of phenolic OH excluding ortho intramolecular Hbond substituents is 1. The quantitative estimate of drug-likeness (QED) is 0.231. The van der Waals surface area contributed by atoms with Gasteiger partial charge < -0.3 is 14.9 Å². The van der Waals surface area contributed by atoms with E-state index in [4.69, 9.17) is 9.84 Å². The fraction of sp³-hybridized carbons (Fsp3) is 0.440. The molecule has 2 aromatic rings. The fourth-order valence-corrected chi connectivity index (χ4v) is 4.00. The third-order valence-electron chi connectivity index (χ3n) is 4.84. The van der Waals surface area contributed by atoms with Gasteiger partial charge in [0.2, 0.25) is 0 Å². The molecule has 168 valence electrons. The lowest BCUT2D eigenvalue weighted by atomic mass is 9.79. The lowest BCUT2D eigenvalue weighted by Crippen LogP contribution is -2.17. The SMILES string of the molecule is CC(C)(C)c1cc(SCCCOc2ccc(C(=O)C(=O)O)cc2)cc(C(C)(C)C)c1O. The van der Waals surface area contributed by atoms with Crippen LogP contribution in [0.1, 0.15) is 69.4 Å². The second kappa shape index (κ2) is 9.77. The van der Waals surface area contributed by atoms with E-state index in [1.165, 1.54) is 12.1 Å². The van der Waals surface area contributed by atoms with Gasteiger partial charge in [0, 0.05) is 27.3 Å². The summed E-state index contributed by atoms with van der Waals surface area (Å²) in [5.41, 5.74) is 1.73. The van der Waals surface area contributed by atoms with Crippen LogP contribution >= 0.6 is 11.8 Å². The molecule has 0 aliphatic rings. The molecular weight excluding hydrogens is 412 g/mol. The smallest absolute Gasteiger partial charge is 0.377 e. The zero-order valence-corrected chi connectivity index (χ0v) is 19.9. The van der Waals surface area contributed by atoms with Crippen LogP contribution < -0.4 is 4.74 Å².